The zero-order valence-corrected chi connectivity index (χ0v) is 11.4. The Morgan fingerprint density at radius 3 is 2.63 bits per heavy atom. The third kappa shape index (κ3) is 3.30. The molecule has 0 N–H and O–H groups in total. The molecule has 0 aliphatic carbocycles. The monoisotopic (exact) mass is 302 g/mol. The van der Waals surface area contributed by atoms with Gasteiger partial charge in [0.15, 0.2) is 17.7 Å². The Hall–Kier alpha value is -1.46. The van der Waals surface area contributed by atoms with Crippen molar-refractivity contribution in [2.45, 2.75) is 13.0 Å². The molecular weight excluding hydrogens is 294 g/mol. The molecule has 0 saturated heterocycles. The van der Waals surface area contributed by atoms with Gasteiger partial charge in [-0.25, -0.2) is 8.78 Å². The number of ketones is 1. The first-order valence-electron chi connectivity index (χ1n) is 5.38. The van der Waals surface area contributed by atoms with E-state index in [1.54, 1.807) is 12.1 Å². The van der Waals surface area contributed by atoms with Gasteiger partial charge in [0.1, 0.15) is 5.82 Å². The maximum absolute atomic E-state index is 13.4. The summed E-state index contributed by atoms with van der Waals surface area (Å²) in [7, 11) is 0. The second kappa shape index (κ2) is 5.67. The van der Waals surface area contributed by atoms with Crippen LogP contribution in [0.3, 0.4) is 0 Å². The summed E-state index contributed by atoms with van der Waals surface area (Å²) in [6.07, 6.45) is -0.880. The fourth-order valence-electron chi connectivity index (χ4n) is 1.46. The molecule has 0 aliphatic rings. The molecule has 0 amide bonds. The van der Waals surface area contributed by atoms with E-state index in [9.17, 15) is 13.6 Å². The summed E-state index contributed by atoms with van der Waals surface area (Å²) in [6.45, 7) is 1.50. The Morgan fingerprint density at radius 1 is 1.32 bits per heavy atom. The van der Waals surface area contributed by atoms with E-state index in [-0.39, 0.29) is 11.5 Å². The molecule has 19 heavy (non-hydrogen) atoms. The molecule has 1 aromatic carbocycles. The Labute approximate surface area is 117 Å². The van der Waals surface area contributed by atoms with E-state index in [1.807, 2.05) is 0 Å². The van der Waals surface area contributed by atoms with Crippen molar-refractivity contribution < 1.29 is 18.3 Å². The van der Waals surface area contributed by atoms with Gasteiger partial charge in [-0.05, 0) is 31.2 Å². The second-order valence-electron chi connectivity index (χ2n) is 3.80. The Kier molecular flexibility index (Phi) is 4.17. The first-order chi connectivity index (χ1) is 8.97. The van der Waals surface area contributed by atoms with Crippen LogP contribution in [0.2, 0.25) is 4.34 Å². The van der Waals surface area contributed by atoms with Gasteiger partial charge in [0.2, 0.25) is 5.78 Å². The van der Waals surface area contributed by atoms with E-state index < -0.39 is 17.7 Å². The number of ether oxygens (including phenoxy) is 1. The predicted molar refractivity (Wildman–Crippen MR) is 70.1 cm³/mol. The summed E-state index contributed by atoms with van der Waals surface area (Å²) >= 11 is 6.86. The largest absolute Gasteiger partial charge is 0.479 e. The number of carbonyl (C=O) groups is 1. The normalized spacial score (nSPS) is 12.2. The van der Waals surface area contributed by atoms with Crippen LogP contribution in [0.25, 0.3) is 0 Å². The van der Waals surface area contributed by atoms with E-state index in [0.29, 0.717) is 15.3 Å². The number of hydrogen-bond donors (Lipinski definition) is 0. The van der Waals surface area contributed by atoms with E-state index in [1.165, 1.54) is 6.92 Å². The highest BCUT2D eigenvalue weighted by molar-refractivity contribution is 7.18. The molecule has 2 rings (SSSR count). The Morgan fingerprint density at radius 2 is 2.05 bits per heavy atom. The third-order valence-corrected chi connectivity index (χ3v) is 3.63. The molecule has 1 heterocycles. The maximum atomic E-state index is 13.4. The number of Topliss-reactive ketones (excluding diaryl/α,β-unsaturated/α-hetero) is 1. The van der Waals surface area contributed by atoms with Gasteiger partial charge in [0.05, 0.1) is 9.21 Å². The fraction of sp³-hybridized carbons (Fsp3) is 0.154. The molecule has 0 fully saturated rings. The predicted octanol–water partition coefficient (Wildman–Crippen LogP) is 4.33. The molecule has 0 bridgehead atoms. The lowest BCUT2D eigenvalue weighted by Crippen LogP contribution is -2.23. The molecule has 100 valence electrons. The van der Waals surface area contributed by atoms with Crippen molar-refractivity contribution in [3.05, 3.63) is 51.2 Å². The molecule has 0 saturated carbocycles. The Bertz CT molecular complexity index is 612. The fourth-order valence-corrected chi connectivity index (χ4v) is 2.52. The van der Waals surface area contributed by atoms with Crippen molar-refractivity contribution in [1.82, 2.24) is 0 Å². The smallest absolute Gasteiger partial charge is 0.212 e. The van der Waals surface area contributed by atoms with Gasteiger partial charge in [-0.15, -0.1) is 11.3 Å². The summed E-state index contributed by atoms with van der Waals surface area (Å²) < 4.78 is 31.8. The van der Waals surface area contributed by atoms with Crippen LogP contribution in [-0.4, -0.2) is 11.9 Å². The highest BCUT2D eigenvalue weighted by Crippen LogP contribution is 2.25. The quantitative estimate of drug-likeness (QED) is 0.786. The third-order valence-electron chi connectivity index (χ3n) is 2.38. The molecule has 0 spiro atoms. The first-order valence-corrected chi connectivity index (χ1v) is 6.58. The van der Waals surface area contributed by atoms with Crippen molar-refractivity contribution in [1.29, 1.82) is 0 Å². The second-order valence-corrected chi connectivity index (χ2v) is 5.52. The molecule has 2 nitrogen and oxygen atoms in total. The van der Waals surface area contributed by atoms with Gasteiger partial charge < -0.3 is 4.74 Å². The zero-order chi connectivity index (χ0) is 14.0. The molecule has 0 radical (unpaired) electrons. The van der Waals surface area contributed by atoms with Crippen molar-refractivity contribution >= 4 is 28.7 Å². The van der Waals surface area contributed by atoms with Gasteiger partial charge >= 0.3 is 0 Å². The van der Waals surface area contributed by atoms with Crippen LogP contribution in [0.1, 0.15) is 16.6 Å². The van der Waals surface area contributed by atoms with Gasteiger partial charge in [-0.1, -0.05) is 11.6 Å². The lowest BCUT2D eigenvalue weighted by atomic mass is 10.2. The summed E-state index contributed by atoms with van der Waals surface area (Å²) in [5.41, 5.74) is 0. The molecule has 1 aromatic heterocycles. The molecule has 1 unspecified atom stereocenters. The van der Waals surface area contributed by atoms with E-state index >= 15 is 0 Å². The summed E-state index contributed by atoms with van der Waals surface area (Å²) in [6, 6.07) is 6.10. The van der Waals surface area contributed by atoms with Crippen molar-refractivity contribution in [2.24, 2.45) is 0 Å². The van der Waals surface area contributed by atoms with Crippen LogP contribution in [0.5, 0.6) is 5.75 Å². The van der Waals surface area contributed by atoms with E-state index in [4.69, 9.17) is 16.3 Å². The van der Waals surface area contributed by atoms with Crippen LogP contribution in [-0.2, 0) is 0 Å². The number of halogens is 3. The van der Waals surface area contributed by atoms with Crippen LogP contribution >= 0.6 is 22.9 Å². The van der Waals surface area contributed by atoms with Crippen LogP contribution < -0.4 is 4.74 Å². The minimum absolute atomic E-state index is 0.162. The van der Waals surface area contributed by atoms with E-state index in [2.05, 4.69) is 0 Å². The minimum Gasteiger partial charge on any atom is -0.479 e. The minimum atomic E-state index is -0.880. The maximum Gasteiger partial charge on any atom is 0.212 e. The lowest BCUT2D eigenvalue weighted by Gasteiger charge is -2.13. The standard InChI is InChI=1S/C13H9ClF2O2S/c1-7(13(17)11-4-5-12(14)19-11)18-10-3-2-8(15)6-9(10)16/h2-7H,1H3. The Balaban J connectivity index is 2.12. The summed E-state index contributed by atoms with van der Waals surface area (Å²) in [5, 5.41) is 0. The van der Waals surface area contributed by atoms with Gasteiger partial charge in [-0.3, -0.25) is 4.79 Å². The summed E-state index contributed by atoms with van der Waals surface area (Å²) in [5.74, 6) is -2.01. The zero-order valence-electron chi connectivity index (χ0n) is 9.82. The van der Waals surface area contributed by atoms with Crippen molar-refractivity contribution in [2.75, 3.05) is 0 Å². The number of thiophene rings is 1. The highest BCUT2D eigenvalue weighted by Gasteiger charge is 2.20. The highest BCUT2D eigenvalue weighted by atomic mass is 35.5. The topological polar surface area (TPSA) is 26.3 Å². The van der Waals surface area contributed by atoms with Gasteiger partial charge in [-0.2, -0.15) is 0 Å². The SMILES string of the molecule is CC(Oc1ccc(F)cc1F)C(=O)c1ccc(Cl)s1. The van der Waals surface area contributed by atoms with Crippen LogP contribution in [0, 0.1) is 11.6 Å². The van der Waals surface area contributed by atoms with Gasteiger partial charge in [0.25, 0.3) is 0 Å². The average Bonchev–Trinajstić information content (AvgIpc) is 2.78. The van der Waals surface area contributed by atoms with Gasteiger partial charge in [0, 0.05) is 6.07 Å². The average molecular weight is 303 g/mol. The van der Waals surface area contributed by atoms with Crippen LogP contribution in [0.4, 0.5) is 8.78 Å². The number of benzene rings is 1. The molecule has 6 heteroatoms. The molecule has 2 aromatic rings. The molecule has 1 atom stereocenters. The summed E-state index contributed by atoms with van der Waals surface area (Å²) in [4.78, 5) is 12.4. The van der Waals surface area contributed by atoms with E-state index in [0.717, 1.165) is 23.5 Å². The molecular formula is C13H9ClF2O2S. The number of hydrogen-bond acceptors (Lipinski definition) is 3. The van der Waals surface area contributed by atoms with Crippen molar-refractivity contribution in [3.8, 4) is 5.75 Å². The molecule has 0 aliphatic heterocycles. The first kappa shape index (κ1) is 14.0. The lowest BCUT2D eigenvalue weighted by molar-refractivity contribution is 0.0816. The number of rotatable bonds is 4. The van der Waals surface area contributed by atoms with Crippen molar-refractivity contribution in [3.63, 3.8) is 0 Å². The van der Waals surface area contributed by atoms with Crippen LogP contribution in [0.15, 0.2) is 30.3 Å². The number of carbonyl (C=O) groups excluding carboxylic acids is 1.